The van der Waals surface area contributed by atoms with Gasteiger partial charge in [-0.25, -0.2) is 18.6 Å². The van der Waals surface area contributed by atoms with E-state index in [4.69, 9.17) is 25.9 Å². The summed E-state index contributed by atoms with van der Waals surface area (Å²) in [6.45, 7) is 6.26. The number of ether oxygens (including phenoxy) is 3. The van der Waals surface area contributed by atoms with Crippen LogP contribution >= 0.6 is 0 Å². The molecular formula is C44H43F11N6O4. The Balaban J connectivity index is 1.22. The van der Waals surface area contributed by atoms with E-state index >= 15 is 8.78 Å². The molecule has 4 aromatic rings. The number of terminal acetylenes is 1. The van der Waals surface area contributed by atoms with Gasteiger partial charge in [-0.05, 0) is 77.3 Å². The smallest absolute Gasteiger partial charge is 0.435 e. The lowest BCUT2D eigenvalue weighted by molar-refractivity contribution is -0.463. The van der Waals surface area contributed by atoms with Gasteiger partial charge in [0.25, 0.3) is 0 Å². The van der Waals surface area contributed by atoms with Gasteiger partial charge in [-0.2, -0.15) is 49.5 Å². The number of carbonyl (C=O) groups is 1. The fourth-order valence-corrected chi connectivity index (χ4v) is 10.1. The van der Waals surface area contributed by atoms with Crippen LogP contribution in [0.5, 0.6) is 6.01 Å². The van der Waals surface area contributed by atoms with Gasteiger partial charge in [-0.15, -0.1) is 6.42 Å². The minimum atomic E-state index is -6.91. The van der Waals surface area contributed by atoms with Crippen molar-refractivity contribution in [1.82, 2.24) is 24.8 Å². The van der Waals surface area contributed by atoms with E-state index < -0.39 is 96.8 Å². The number of hydrogen-bond acceptors (Lipinski definition) is 9. The molecule has 1 amide bonds. The van der Waals surface area contributed by atoms with Gasteiger partial charge in [0.1, 0.15) is 35.1 Å². The van der Waals surface area contributed by atoms with E-state index in [1.165, 1.54) is 23.1 Å². The van der Waals surface area contributed by atoms with Crippen molar-refractivity contribution in [3.63, 3.8) is 0 Å². The predicted molar refractivity (Wildman–Crippen MR) is 214 cm³/mol. The van der Waals surface area contributed by atoms with Gasteiger partial charge in [-0.1, -0.05) is 37.1 Å². The van der Waals surface area contributed by atoms with Gasteiger partial charge >= 0.3 is 36.2 Å². The highest BCUT2D eigenvalue weighted by Gasteiger charge is 2.86. The molecule has 0 saturated carbocycles. The summed E-state index contributed by atoms with van der Waals surface area (Å²) in [6.07, 6.45) is -16.9. The van der Waals surface area contributed by atoms with Gasteiger partial charge in [0.05, 0.1) is 40.4 Å². The third kappa shape index (κ3) is 7.71. The third-order valence-electron chi connectivity index (χ3n) is 12.8. The molecule has 21 heteroatoms. The normalized spacial score (nSPS) is 23.1. The Morgan fingerprint density at radius 1 is 0.923 bits per heavy atom. The second-order valence-electron chi connectivity index (χ2n) is 17.9. The molecule has 4 aliphatic heterocycles. The maximum atomic E-state index is 17.5. The van der Waals surface area contributed by atoms with E-state index in [1.54, 1.807) is 37.8 Å². The van der Waals surface area contributed by atoms with Gasteiger partial charge in [0.2, 0.25) is 0 Å². The van der Waals surface area contributed by atoms with E-state index in [2.05, 4.69) is 15.6 Å². The zero-order valence-electron chi connectivity index (χ0n) is 35.4. The number of pyridine rings is 1. The van der Waals surface area contributed by atoms with Crippen molar-refractivity contribution < 1.29 is 67.3 Å². The van der Waals surface area contributed by atoms with Crippen LogP contribution in [0.15, 0.2) is 30.3 Å². The summed E-state index contributed by atoms with van der Waals surface area (Å²) in [5.74, 6) is 0.795. The van der Waals surface area contributed by atoms with Crippen LogP contribution in [0, 0.1) is 24.0 Å². The number of aryl methyl sites for hydroxylation is 1. The number of rotatable bonds is 7. The molecular weight excluding hydrogens is 885 g/mol. The molecule has 0 aliphatic carbocycles. The van der Waals surface area contributed by atoms with Gasteiger partial charge in [-0.3, -0.25) is 4.90 Å². The number of piperazine rings is 1. The first-order chi connectivity index (χ1) is 30.3. The van der Waals surface area contributed by atoms with Crippen molar-refractivity contribution in [2.45, 2.75) is 120 Å². The summed E-state index contributed by atoms with van der Waals surface area (Å²) in [7, 11) is 0. The first kappa shape index (κ1) is 46.3. The average Bonchev–Trinajstić information content (AvgIpc) is 3.70. The van der Waals surface area contributed by atoms with E-state index in [-0.39, 0.29) is 71.4 Å². The van der Waals surface area contributed by atoms with Crippen LogP contribution < -0.4 is 9.64 Å². The zero-order valence-corrected chi connectivity index (χ0v) is 35.4. The molecule has 4 aliphatic rings. The van der Waals surface area contributed by atoms with Crippen LogP contribution in [0.4, 0.5) is 58.9 Å². The van der Waals surface area contributed by atoms with Crippen molar-refractivity contribution in [2.75, 3.05) is 37.7 Å². The van der Waals surface area contributed by atoms with Crippen LogP contribution in [0.2, 0.25) is 0 Å². The van der Waals surface area contributed by atoms with Crippen LogP contribution in [0.1, 0.15) is 71.1 Å². The second kappa shape index (κ2) is 16.0. The highest BCUT2D eigenvalue weighted by molar-refractivity contribution is 6.03. The Morgan fingerprint density at radius 2 is 1.63 bits per heavy atom. The summed E-state index contributed by atoms with van der Waals surface area (Å²) in [4.78, 5) is 32.5. The van der Waals surface area contributed by atoms with Gasteiger partial charge < -0.3 is 24.0 Å². The van der Waals surface area contributed by atoms with Crippen molar-refractivity contribution in [3.8, 4) is 29.6 Å². The third-order valence-corrected chi connectivity index (χ3v) is 12.8. The monoisotopic (exact) mass is 928 g/mol. The van der Waals surface area contributed by atoms with Crippen LogP contribution in [-0.2, 0) is 15.9 Å². The highest BCUT2D eigenvalue weighted by atomic mass is 19.4. The molecule has 0 radical (unpaired) electrons. The Hall–Kier alpha value is -5.23. The molecule has 6 heterocycles. The summed E-state index contributed by atoms with van der Waals surface area (Å²) >= 11 is 0. The van der Waals surface area contributed by atoms with E-state index in [0.717, 1.165) is 0 Å². The Kier molecular flexibility index (Phi) is 11.4. The molecule has 3 saturated heterocycles. The summed E-state index contributed by atoms with van der Waals surface area (Å²) in [5, 5.41) is 0.884. The summed E-state index contributed by atoms with van der Waals surface area (Å²) in [5.41, 5.74) is -8.87. The minimum absolute atomic E-state index is 0.0823. The van der Waals surface area contributed by atoms with E-state index in [1.807, 2.05) is 11.8 Å². The molecule has 4 atom stereocenters. The predicted octanol–water partition coefficient (Wildman–Crippen LogP) is 9.68. The number of fused-ring (bicyclic) bond motifs is 4. The van der Waals surface area contributed by atoms with Gasteiger partial charge in [0, 0.05) is 30.6 Å². The number of hydrogen-bond donors (Lipinski definition) is 0. The van der Waals surface area contributed by atoms with E-state index in [9.17, 15) is 44.3 Å². The summed E-state index contributed by atoms with van der Waals surface area (Å²) < 4.78 is 174. The van der Waals surface area contributed by atoms with Crippen LogP contribution in [-0.4, -0.2) is 117 Å². The van der Waals surface area contributed by atoms with Crippen molar-refractivity contribution >= 4 is 33.6 Å². The first-order valence-corrected chi connectivity index (χ1v) is 20.9. The largest absolute Gasteiger partial charge is 0.461 e. The first-order valence-electron chi connectivity index (χ1n) is 20.9. The maximum absolute atomic E-state index is 17.5. The SMILES string of the molecule is C#Cc1c(F)ccc2cccc(-c3nc4c5c(nc(OC[C@]67CCCN6C[C@H](OC(C(F)(F)F)(C(F)(F)F)C(F)(F)F)C7)nc5c3F)N3CCN(C(=O)OC(C)(C)C)[C@@H](CC)[C@H]3CC4)c12. The van der Waals surface area contributed by atoms with Gasteiger partial charge in [0.15, 0.2) is 5.82 Å². The molecule has 0 bridgehead atoms. The molecule has 0 N–H and O–H groups in total. The molecule has 2 aromatic heterocycles. The molecule has 8 rings (SSSR count). The number of nitrogens with zero attached hydrogens (tertiary/aromatic N) is 6. The fraction of sp³-hybridized carbons (Fsp3) is 0.545. The second-order valence-corrected chi connectivity index (χ2v) is 17.9. The number of halogens is 11. The number of anilines is 1. The Labute approximate surface area is 365 Å². The molecule has 0 unspecified atom stereocenters. The molecule has 2 aromatic carbocycles. The zero-order chi connectivity index (χ0) is 47.2. The lowest BCUT2D eigenvalue weighted by Gasteiger charge is -2.47. The number of alkyl halides is 9. The summed E-state index contributed by atoms with van der Waals surface area (Å²) in [6, 6.07) is 6.09. The van der Waals surface area contributed by atoms with Crippen molar-refractivity contribution in [3.05, 3.63) is 53.2 Å². The topological polar surface area (TPSA) is 93.2 Å². The number of benzene rings is 2. The molecule has 65 heavy (non-hydrogen) atoms. The molecule has 0 spiro atoms. The quantitative estimate of drug-likeness (QED) is 0.133. The number of amides is 1. The van der Waals surface area contributed by atoms with Crippen LogP contribution in [0.25, 0.3) is 32.9 Å². The number of carbonyl (C=O) groups excluding carboxylic acids is 1. The maximum Gasteiger partial charge on any atom is 0.435 e. The number of aromatic nitrogens is 3. The fourth-order valence-electron chi connectivity index (χ4n) is 10.1. The highest BCUT2D eigenvalue weighted by Crippen LogP contribution is 2.57. The Morgan fingerprint density at radius 3 is 2.28 bits per heavy atom. The van der Waals surface area contributed by atoms with Crippen LogP contribution in [0.3, 0.4) is 0 Å². The minimum Gasteiger partial charge on any atom is -0.461 e. The lowest BCUT2D eigenvalue weighted by Crippen LogP contribution is -2.68. The molecule has 10 nitrogen and oxygen atoms in total. The Bertz CT molecular complexity index is 2540. The molecule has 350 valence electrons. The van der Waals surface area contributed by atoms with E-state index in [0.29, 0.717) is 30.3 Å². The lowest BCUT2D eigenvalue weighted by atomic mass is 9.93. The van der Waals surface area contributed by atoms with Crippen molar-refractivity contribution in [1.29, 1.82) is 0 Å². The van der Waals surface area contributed by atoms with Crippen molar-refractivity contribution in [2.24, 2.45) is 0 Å². The average molecular weight is 929 g/mol. The standard InChI is InChI=1S/C44H43F11N6O4/c1-6-25-27(45)13-12-23-10-8-11-26(31(23)25)34-33(46)35-32-28(56-34)14-15-30-29(7-2)61(38(62)65-39(3,4)5)19-18-60(30)36(32)58-37(57-35)63-22-40-16-9-17-59(40)21-24(20-40)64-41(42(47,48)49,43(50,51)52)44(53,54)55/h1,8,10-13,24,29-30H,7,9,14-22H2,2-5H3/t24-,29+,30-,40-/m1/s1. The molecule has 3 fully saturated rings.